The highest BCUT2D eigenvalue weighted by atomic mass is 79.9. The summed E-state index contributed by atoms with van der Waals surface area (Å²) in [5.74, 6) is 0. The van der Waals surface area contributed by atoms with Crippen LogP contribution in [0.25, 0.3) is 22.0 Å². The Balaban J connectivity index is 2.31. The number of hydrogen-bond donors (Lipinski definition) is 0. The Labute approximate surface area is 121 Å². The van der Waals surface area contributed by atoms with Crippen molar-refractivity contribution >= 4 is 26.8 Å². The predicted molar refractivity (Wildman–Crippen MR) is 84.4 cm³/mol. The van der Waals surface area contributed by atoms with Gasteiger partial charge in [0, 0.05) is 21.1 Å². The summed E-state index contributed by atoms with van der Waals surface area (Å²) in [7, 11) is 0. The normalized spacial score (nSPS) is 10.9. The summed E-state index contributed by atoms with van der Waals surface area (Å²) in [4.78, 5) is 4.74. The van der Waals surface area contributed by atoms with E-state index < -0.39 is 0 Å². The number of halogens is 1. The van der Waals surface area contributed by atoms with Gasteiger partial charge < -0.3 is 0 Å². The van der Waals surface area contributed by atoms with Gasteiger partial charge in [-0.05, 0) is 43.2 Å². The lowest BCUT2D eigenvalue weighted by molar-refractivity contribution is 1.25. The van der Waals surface area contributed by atoms with Crippen molar-refractivity contribution in [3.05, 3.63) is 64.3 Å². The van der Waals surface area contributed by atoms with E-state index in [0.29, 0.717) is 0 Å². The third kappa shape index (κ3) is 2.28. The first-order valence-corrected chi connectivity index (χ1v) is 7.07. The van der Waals surface area contributed by atoms with E-state index in [1.165, 1.54) is 16.7 Å². The van der Waals surface area contributed by atoms with Crippen molar-refractivity contribution < 1.29 is 0 Å². The van der Waals surface area contributed by atoms with E-state index in [4.69, 9.17) is 4.98 Å². The molecule has 0 atom stereocenters. The summed E-state index contributed by atoms with van der Waals surface area (Å²) in [6.07, 6.45) is 0. The van der Waals surface area contributed by atoms with Crippen LogP contribution in [-0.2, 0) is 0 Å². The average molecular weight is 312 g/mol. The van der Waals surface area contributed by atoms with Crippen LogP contribution in [-0.4, -0.2) is 4.98 Å². The second-order valence-electron chi connectivity index (χ2n) is 4.80. The molecule has 2 aromatic carbocycles. The van der Waals surface area contributed by atoms with Gasteiger partial charge in [0.2, 0.25) is 0 Å². The molecule has 0 bridgehead atoms. The van der Waals surface area contributed by atoms with Crippen molar-refractivity contribution in [2.24, 2.45) is 0 Å². The van der Waals surface area contributed by atoms with E-state index in [1.807, 2.05) is 6.07 Å². The smallest absolute Gasteiger partial charge is 0.0719 e. The second kappa shape index (κ2) is 4.78. The monoisotopic (exact) mass is 311 g/mol. The standard InChI is InChI=1S/C17H14BrN/c1-11-8-16(18)15-10-14(12(2)19-17(15)9-11)13-6-4-3-5-7-13/h3-10H,1-2H3. The van der Waals surface area contributed by atoms with Gasteiger partial charge in [0.1, 0.15) is 0 Å². The summed E-state index contributed by atoms with van der Waals surface area (Å²) < 4.78 is 1.10. The van der Waals surface area contributed by atoms with Crippen LogP contribution in [0.3, 0.4) is 0 Å². The van der Waals surface area contributed by atoms with Gasteiger partial charge in [0.05, 0.1) is 5.52 Å². The molecule has 94 valence electrons. The number of aromatic nitrogens is 1. The molecule has 1 nitrogen and oxygen atoms in total. The first-order chi connectivity index (χ1) is 9.15. The first-order valence-electron chi connectivity index (χ1n) is 6.28. The number of hydrogen-bond acceptors (Lipinski definition) is 1. The molecule has 0 aliphatic rings. The number of rotatable bonds is 1. The molecule has 0 unspecified atom stereocenters. The number of fused-ring (bicyclic) bond motifs is 1. The highest BCUT2D eigenvalue weighted by molar-refractivity contribution is 9.10. The van der Waals surface area contributed by atoms with Gasteiger partial charge in [-0.2, -0.15) is 0 Å². The summed E-state index contributed by atoms with van der Waals surface area (Å²) in [5.41, 5.74) is 5.73. The van der Waals surface area contributed by atoms with Gasteiger partial charge in [-0.3, -0.25) is 4.98 Å². The van der Waals surface area contributed by atoms with E-state index in [0.717, 1.165) is 21.1 Å². The van der Waals surface area contributed by atoms with Crippen molar-refractivity contribution in [1.82, 2.24) is 4.98 Å². The summed E-state index contributed by atoms with van der Waals surface area (Å²) in [6, 6.07) is 16.9. The van der Waals surface area contributed by atoms with E-state index in [1.54, 1.807) is 0 Å². The Bertz CT molecular complexity index is 748. The lowest BCUT2D eigenvalue weighted by Gasteiger charge is -2.09. The summed E-state index contributed by atoms with van der Waals surface area (Å²) in [5, 5.41) is 1.16. The molecule has 0 spiro atoms. The van der Waals surface area contributed by atoms with Gasteiger partial charge in [0.25, 0.3) is 0 Å². The molecular weight excluding hydrogens is 298 g/mol. The molecule has 1 heterocycles. The Morgan fingerprint density at radius 3 is 2.42 bits per heavy atom. The third-order valence-corrected chi connectivity index (χ3v) is 3.96. The Morgan fingerprint density at radius 1 is 0.947 bits per heavy atom. The Kier molecular flexibility index (Phi) is 3.11. The van der Waals surface area contributed by atoms with Crippen LogP contribution in [0, 0.1) is 13.8 Å². The summed E-state index contributed by atoms with van der Waals surface area (Å²) >= 11 is 3.64. The zero-order valence-corrected chi connectivity index (χ0v) is 12.5. The second-order valence-corrected chi connectivity index (χ2v) is 5.66. The minimum absolute atomic E-state index is 1.05. The van der Waals surface area contributed by atoms with Crippen LogP contribution < -0.4 is 0 Å². The quantitative estimate of drug-likeness (QED) is 0.595. The number of pyridine rings is 1. The molecule has 0 saturated heterocycles. The highest BCUT2D eigenvalue weighted by Crippen LogP contribution is 2.30. The average Bonchev–Trinajstić information content (AvgIpc) is 2.38. The number of aryl methyl sites for hydroxylation is 2. The molecule has 0 saturated carbocycles. The minimum Gasteiger partial charge on any atom is -0.252 e. The van der Waals surface area contributed by atoms with Gasteiger partial charge in [-0.1, -0.05) is 46.3 Å². The molecule has 0 amide bonds. The van der Waals surface area contributed by atoms with Crippen molar-refractivity contribution in [2.75, 3.05) is 0 Å². The SMILES string of the molecule is Cc1cc(Br)c2cc(-c3ccccc3)c(C)nc2c1. The summed E-state index contributed by atoms with van der Waals surface area (Å²) in [6.45, 7) is 4.16. The fraction of sp³-hybridized carbons (Fsp3) is 0.118. The number of benzene rings is 2. The van der Waals surface area contributed by atoms with E-state index in [-0.39, 0.29) is 0 Å². The van der Waals surface area contributed by atoms with Gasteiger partial charge in [-0.25, -0.2) is 0 Å². The fourth-order valence-corrected chi connectivity index (χ4v) is 3.05. The van der Waals surface area contributed by atoms with Crippen LogP contribution in [0.2, 0.25) is 0 Å². The van der Waals surface area contributed by atoms with Crippen LogP contribution in [0.1, 0.15) is 11.3 Å². The predicted octanol–water partition coefficient (Wildman–Crippen LogP) is 5.28. The zero-order chi connectivity index (χ0) is 13.4. The lowest BCUT2D eigenvalue weighted by atomic mass is 10.0. The number of nitrogens with zero attached hydrogens (tertiary/aromatic N) is 1. The lowest BCUT2D eigenvalue weighted by Crippen LogP contribution is -1.91. The maximum Gasteiger partial charge on any atom is 0.0719 e. The molecule has 19 heavy (non-hydrogen) atoms. The fourth-order valence-electron chi connectivity index (χ4n) is 2.37. The van der Waals surface area contributed by atoms with Crippen LogP contribution >= 0.6 is 15.9 Å². The Hall–Kier alpha value is -1.67. The molecule has 0 aliphatic carbocycles. The molecule has 3 rings (SSSR count). The zero-order valence-electron chi connectivity index (χ0n) is 10.9. The molecule has 0 fully saturated rings. The third-order valence-electron chi connectivity index (χ3n) is 3.30. The van der Waals surface area contributed by atoms with Gasteiger partial charge >= 0.3 is 0 Å². The Morgan fingerprint density at radius 2 is 1.68 bits per heavy atom. The maximum absolute atomic E-state index is 4.74. The molecule has 0 radical (unpaired) electrons. The van der Waals surface area contributed by atoms with E-state index in [9.17, 15) is 0 Å². The van der Waals surface area contributed by atoms with Crippen LogP contribution in [0.5, 0.6) is 0 Å². The van der Waals surface area contributed by atoms with Crippen LogP contribution in [0.15, 0.2) is 53.0 Å². The largest absolute Gasteiger partial charge is 0.252 e. The molecule has 2 heteroatoms. The first kappa shape index (κ1) is 12.4. The minimum atomic E-state index is 1.05. The molecule has 1 aromatic heterocycles. The van der Waals surface area contributed by atoms with Crippen molar-refractivity contribution in [1.29, 1.82) is 0 Å². The molecule has 0 aliphatic heterocycles. The van der Waals surface area contributed by atoms with Gasteiger partial charge in [-0.15, -0.1) is 0 Å². The van der Waals surface area contributed by atoms with Crippen LogP contribution in [0.4, 0.5) is 0 Å². The van der Waals surface area contributed by atoms with E-state index >= 15 is 0 Å². The molecule has 0 N–H and O–H groups in total. The van der Waals surface area contributed by atoms with E-state index in [2.05, 4.69) is 72.2 Å². The molecular formula is C17H14BrN. The van der Waals surface area contributed by atoms with Crippen molar-refractivity contribution in [3.63, 3.8) is 0 Å². The maximum atomic E-state index is 4.74. The topological polar surface area (TPSA) is 12.9 Å². The van der Waals surface area contributed by atoms with Gasteiger partial charge in [0.15, 0.2) is 0 Å². The molecule has 3 aromatic rings. The van der Waals surface area contributed by atoms with Crippen molar-refractivity contribution in [2.45, 2.75) is 13.8 Å². The van der Waals surface area contributed by atoms with Crippen molar-refractivity contribution in [3.8, 4) is 11.1 Å². The highest BCUT2D eigenvalue weighted by Gasteiger charge is 2.08.